The second-order valence-electron chi connectivity index (χ2n) is 5.83. The molecule has 0 bridgehead atoms. The Bertz CT molecular complexity index is 843. The highest BCUT2D eigenvalue weighted by atomic mass is 16.5. The van der Waals surface area contributed by atoms with Gasteiger partial charge in [-0.05, 0) is 42.5 Å². The van der Waals surface area contributed by atoms with Crippen molar-refractivity contribution in [2.75, 3.05) is 25.8 Å². The molecule has 0 saturated carbocycles. The molecule has 0 aromatic heterocycles. The van der Waals surface area contributed by atoms with Crippen LogP contribution in [0, 0.1) is 0 Å². The highest BCUT2D eigenvalue weighted by Crippen LogP contribution is 2.28. The van der Waals surface area contributed by atoms with Gasteiger partial charge in [0.2, 0.25) is 0 Å². The lowest BCUT2D eigenvalue weighted by atomic mass is 10.1. The van der Waals surface area contributed by atoms with Crippen molar-refractivity contribution in [3.63, 3.8) is 0 Å². The zero-order chi connectivity index (χ0) is 19.1. The minimum Gasteiger partial charge on any atom is -0.493 e. The maximum absolute atomic E-state index is 12.7. The van der Waals surface area contributed by atoms with E-state index in [-0.39, 0.29) is 12.3 Å². The van der Waals surface area contributed by atoms with E-state index in [2.05, 4.69) is 5.43 Å². The van der Waals surface area contributed by atoms with Crippen molar-refractivity contribution >= 4 is 17.2 Å². The largest absolute Gasteiger partial charge is 0.493 e. The van der Waals surface area contributed by atoms with Crippen LogP contribution in [0.15, 0.2) is 78.9 Å². The van der Waals surface area contributed by atoms with Crippen molar-refractivity contribution in [3.05, 3.63) is 84.4 Å². The molecule has 0 aliphatic heterocycles. The Hall–Kier alpha value is -3.31. The van der Waals surface area contributed by atoms with Crippen LogP contribution in [0.2, 0.25) is 0 Å². The van der Waals surface area contributed by atoms with Crippen LogP contribution in [0.5, 0.6) is 11.5 Å². The molecule has 5 heteroatoms. The van der Waals surface area contributed by atoms with Crippen molar-refractivity contribution in [1.29, 1.82) is 0 Å². The van der Waals surface area contributed by atoms with Crippen LogP contribution in [0.3, 0.4) is 0 Å². The first-order valence-corrected chi connectivity index (χ1v) is 8.62. The Morgan fingerprint density at radius 3 is 1.89 bits per heavy atom. The summed E-state index contributed by atoms with van der Waals surface area (Å²) in [7, 11) is 3.12. The molecule has 3 aromatic rings. The summed E-state index contributed by atoms with van der Waals surface area (Å²) in [6.07, 6.45) is 0. The number of hydrogen-bond donors (Lipinski definition) is 1. The summed E-state index contributed by atoms with van der Waals surface area (Å²) in [5.41, 5.74) is 5.68. The number of para-hydroxylation sites is 2. The first-order valence-electron chi connectivity index (χ1n) is 8.62. The smallest absolute Gasteiger partial charge is 0.178 e. The maximum atomic E-state index is 12.7. The highest BCUT2D eigenvalue weighted by molar-refractivity contribution is 5.98. The number of hydrazine groups is 1. The molecule has 0 aliphatic carbocycles. The molecular formula is C22H22N2O3. The Balaban J connectivity index is 1.78. The van der Waals surface area contributed by atoms with Crippen LogP contribution in [-0.4, -0.2) is 26.5 Å². The van der Waals surface area contributed by atoms with Gasteiger partial charge in [-0.1, -0.05) is 36.4 Å². The first-order chi connectivity index (χ1) is 13.2. The van der Waals surface area contributed by atoms with Crippen LogP contribution in [0.1, 0.15) is 10.4 Å². The minimum atomic E-state index is -0.0483. The van der Waals surface area contributed by atoms with Gasteiger partial charge in [-0.25, -0.2) is 5.43 Å². The van der Waals surface area contributed by atoms with Gasteiger partial charge in [0.05, 0.1) is 32.1 Å². The quantitative estimate of drug-likeness (QED) is 0.480. The van der Waals surface area contributed by atoms with Gasteiger partial charge in [0.25, 0.3) is 0 Å². The Kier molecular flexibility index (Phi) is 6.07. The van der Waals surface area contributed by atoms with Gasteiger partial charge < -0.3 is 9.47 Å². The summed E-state index contributed by atoms with van der Waals surface area (Å²) in [5.74, 6) is 1.08. The molecule has 0 saturated heterocycles. The number of rotatable bonds is 8. The molecule has 1 N–H and O–H groups in total. The molecule has 5 nitrogen and oxygen atoms in total. The van der Waals surface area contributed by atoms with Crippen molar-refractivity contribution in [2.45, 2.75) is 0 Å². The number of methoxy groups -OCH3 is 2. The van der Waals surface area contributed by atoms with E-state index in [0.29, 0.717) is 17.1 Å². The first kappa shape index (κ1) is 18.5. The third-order valence-corrected chi connectivity index (χ3v) is 4.13. The fourth-order valence-corrected chi connectivity index (χ4v) is 2.75. The maximum Gasteiger partial charge on any atom is 0.178 e. The molecular weight excluding hydrogens is 340 g/mol. The molecule has 0 atom stereocenters. The number of ether oxygens (including phenoxy) is 2. The van der Waals surface area contributed by atoms with Gasteiger partial charge >= 0.3 is 0 Å². The number of carbonyl (C=O) groups excluding carboxylic acids is 1. The number of anilines is 2. The third kappa shape index (κ3) is 4.46. The van der Waals surface area contributed by atoms with Gasteiger partial charge in [-0.3, -0.25) is 9.80 Å². The van der Waals surface area contributed by atoms with Crippen molar-refractivity contribution in [3.8, 4) is 11.5 Å². The summed E-state index contributed by atoms with van der Waals surface area (Å²) in [4.78, 5) is 12.7. The van der Waals surface area contributed by atoms with E-state index in [1.807, 2.05) is 65.7 Å². The van der Waals surface area contributed by atoms with Crippen LogP contribution in [-0.2, 0) is 0 Å². The van der Waals surface area contributed by atoms with Crippen LogP contribution in [0.25, 0.3) is 0 Å². The third-order valence-electron chi connectivity index (χ3n) is 4.13. The van der Waals surface area contributed by atoms with Gasteiger partial charge in [0.1, 0.15) is 0 Å². The number of benzene rings is 3. The van der Waals surface area contributed by atoms with Gasteiger partial charge in [-0.2, -0.15) is 0 Å². The molecule has 0 spiro atoms. The van der Waals surface area contributed by atoms with E-state index >= 15 is 0 Å². The van der Waals surface area contributed by atoms with E-state index < -0.39 is 0 Å². The van der Waals surface area contributed by atoms with E-state index in [1.165, 1.54) is 0 Å². The number of Topliss-reactive ketones (excluding diaryl/α,β-unsaturated/α-hetero) is 1. The summed E-state index contributed by atoms with van der Waals surface area (Å²) < 4.78 is 10.5. The molecule has 0 unspecified atom stereocenters. The Morgan fingerprint density at radius 2 is 1.37 bits per heavy atom. The number of carbonyl (C=O) groups is 1. The Labute approximate surface area is 159 Å². The highest BCUT2D eigenvalue weighted by Gasteiger charge is 2.14. The number of ketones is 1. The van der Waals surface area contributed by atoms with E-state index in [1.54, 1.807) is 32.4 Å². The summed E-state index contributed by atoms with van der Waals surface area (Å²) >= 11 is 0. The zero-order valence-corrected chi connectivity index (χ0v) is 15.4. The average molecular weight is 362 g/mol. The van der Waals surface area contributed by atoms with E-state index in [0.717, 1.165) is 11.4 Å². The molecule has 3 aromatic carbocycles. The number of hydrogen-bond acceptors (Lipinski definition) is 5. The molecule has 27 heavy (non-hydrogen) atoms. The van der Waals surface area contributed by atoms with E-state index in [9.17, 15) is 4.79 Å². The molecule has 0 radical (unpaired) electrons. The van der Waals surface area contributed by atoms with Crippen molar-refractivity contribution < 1.29 is 14.3 Å². The van der Waals surface area contributed by atoms with Gasteiger partial charge in [0, 0.05) is 5.56 Å². The van der Waals surface area contributed by atoms with E-state index in [4.69, 9.17) is 9.47 Å². The SMILES string of the molecule is COc1ccc(C(=O)CNN(c2ccccc2)c2ccccc2)cc1OC. The second-order valence-corrected chi connectivity index (χ2v) is 5.83. The minimum absolute atomic E-state index is 0.0483. The fraction of sp³-hybridized carbons (Fsp3) is 0.136. The number of nitrogens with one attached hydrogen (secondary N) is 1. The predicted molar refractivity (Wildman–Crippen MR) is 107 cm³/mol. The lowest BCUT2D eigenvalue weighted by molar-refractivity contribution is 0.0991. The summed E-state index contributed by atoms with van der Waals surface area (Å²) in [6.45, 7) is 0.138. The van der Waals surface area contributed by atoms with Crippen LogP contribution >= 0.6 is 0 Å². The summed E-state index contributed by atoms with van der Waals surface area (Å²) in [6, 6.07) is 24.9. The average Bonchev–Trinajstić information content (AvgIpc) is 2.74. The zero-order valence-electron chi connectivity index (χ0n) is 15.4. The molecule has 138 valence electrons. The standard InChI is InChI=1S/C22H22N2O3/c1-26-21-14-13-17(15-22(21)27-2)20(25)16-23-24(18-9-5-3-6-10-18)19-11-7-4-8-12-19/h3-15,23H,16H2,1-2H3. The van der Waals surface area contributed by atoms with Crippen LogP contribution < -0.4 is 19.9 Å². The fourth-order valence-electron chi connectivity index (χ4n) is 2.75. The molecule has 0 fully saturated rings. The second kappa shape index (κ2) is 8.87. The topological polar surface area (TPSA) is 50.8 Å². The van der Waals surface area contributed by atoms with Crippen molar-refractivity contribution in [2.24, 2.45) is 0 Å². The normalized spacial score (nSPS) is 10.3. The molecule has 0 aliphatic rings. The number of nitrogens with zero attached hydrogens (tertiary/aromatic N) is 1. The molecule has 0 amide bonds. The molecule has 0 heterocycles. The van der Waals surface area contributed by atoms with Gasteiger partial charge in [-0.15, -0.1) is 0 Å². The molecule has 3 rings (SSSR count). The van der Waals surface area contributed by atoms with Crippen molar-refractivity contribution in [1.82, 2.24) is 5.43 Å². The predicted octanol–water partition coefficient (Wildman–Crippen LogP) is 4.23. The monoisotopic (exact) mass is 362 g/mol. The lowest BCUT2D eigenvalue weighted by Gasteiger charge is -2.25. The van der Waals surface area contributed by atoms with Gasteiger partial charge in [0.15, 0.2) is 17.3 Å². The summed E-state index contributed by atoms with van der Waals surface area (Å²) in [5, 5.41) is 1.90. The Morgan fingerprint density at radius 1 is 0.815 bits per heavy atom. The van der Waals surface area contributed by atoms with Crippen LogP contribution in [0.4, 0.5) is 11.4 Å². The lowest BCUT2D eigenvalue weighted by Crippen LogP contribution is -2.37.